The van der Waals surface area contributed by atoms with Crippen LogP contribution in [0.2, 0.25) is 0 Å². The maximum atomic E-state index is 9.18. The van der Waals surface area contributed by atoms with Gasteiger partial charge in [0, 0.05) is 33.3 Å². The summed E-state index contributed by atoms with van der Waals surface area (Å²) in [6.07, 6.45) is 1.00. The fraction of sp³-hybridized carbons (Fsp3) is 0.769. The van der Waals surface area contributed by atoms with Crippen molar-refractivity contribution in [3.63, 3.8) is 0 Å². The molecule has 1 aromatic heterocycles. The fourth-order valence-corrected chi connectivity index (χ4v) is 1.45. The van der Waals surface area contributed by atoms with E-state index in [4.69, 9.17) is 0 Å². The van der Waals surface area contributed by atoms with Crippen molar-refractivity contribution in [2.45, 2.75) is 33.2 Å². The van der Waals surface area contributed by atoms with Crippen LogP contribution in [-0.2, 0) is 0 Å². The number of anilines is 3. The summed E-state index contributed by atoms with van der Waals surface area (Å²) in [7, 11) is 3.78. The first-order chi connectivity index (χ1) is 9.47. The number of hydrogen-bond acceptors (Lipinski definition) is 7. The van der Waals surface area contributed by atoms with E-state index < -0.39 is 0 Å². The molecule has 20 heavy (non-hydrogen) atoms. The topological polar surface area (TPSA) is 86.2 Å². The van der Waals surface area contributed by atoms with Crippen LogP contribution < -0.4 is 15.5 Å². The highest BCUT2D eigenvalue weighted by atomic mass is 16.3. The Morgan fingerprint density at radius 3 is 2.35 bits per heavy atom. The largest absolute Gasteiger partial charge is 0.396 e. The second-order valence-electron chi connectivity index (χ2n) is 5.20. The van der Waals surface area contributed by atoms with Gasteiger partial charge in [0.1, 0.15) is 0 Å². The summed E-state index contributed by atoms with van der Waals surface area (Å²) in [4.78, 5) is 14.9. The second-order valence-corrected chi connectivity index (χ2v) is 5.20. The van der Waals surface area contributed by atoms with E-state index in [9.17, 15) is 5.11 Å². The molecule has 0 amide bonds. The average Bonchev–Trinajstić information content (AvgIpc) is 2.43. The highest BCUT2D eigenvalue weighted by molar-refractivity contribution is 5.43. The predicted octanol–water partition coefficient (Wildman–Crippen LogP) is 1.19. The lowest BCUT2D eigenvalue weighted by Crippen LogP contribution is -2.28. The first-order valence-electron chi connectivity index (χ1n) is 7.02. The zero-order chi connectivity index (χ0) is 15.1. The number of rotatable bonds is 8. The van der Waals surface area contributed by atoms with Gasteiger partial charge in [-0.05, 0) is 19.3 Å². The van der Waals surface area contributed by atoms with Crippen molar-refractivity contribution < 1.29 is 5.11 Å². The molecule has 7 heteroatoms. The summed E-state index contributed by atoms with van der Waals surface area (Å²) in [5, 5.41) is 15.6. The van der Waals surface area contributed by atoms with Crippen molar-refractivity contribution in [3.8, 4) is 0 Å². The van der Waals surface area contributed by atoms with Gasteiger partial charge in [-0.2, -0.15) is 15.0 Å². The Morgan fingerprint density at radius 1 is 1.15 bits per heavy atom. The molecular formula is C13H26N6O. The first-order valence-corrected chi connectivity index (χ1v) is 7.02. The molecular weight excluding hydrogens is 256 g/mol. The van der Waals surface area contributed by atoms with Crippen molar-refractivity contribution in [3.05, 3.63) is 0 Å². The molecule has 0 bridgehead atoms. The quantitative estimate of drug-likeness (QED) is 0.660. The highest BCUT2D eigenvalue weighted by Gasteiger charge is 2.14. The number of aromatic nitrogens is 3. The van der Waals surface area contributed by atoms with Gasteiger partial charge < -0.3 is 20.6 Å². The van der Waals surface area contributed by atoms with Gasteiger partial charge in [-0.15, -0.1) is 0 Å². The molecule has 0 aliphatic heterocycles. The number of nitrogens with zero attached hydrogens (tertiary/aromatic N) is 4. The Kier molecular flexibility index (Phi) is 6.44. The van der Waals surface area contributed by atoms with E-state index in [1.165, 1.54) is 0 Å². The number of aliphatic hydroxyl groups is 1. The standard InChI is InChI=1S/C13H26N6O/c1-6-7-14-11-16-12(15-10(3)9(2)8-20)18-13(17-11)19(4)5/h9-10,20H,6-8H2,1-5H3,(H2,14,15,16,17,18). The van der Waals surface area contributed by atoms with E-state index in [0.29, 0.717) is 17.8 Å². The maximum Gasteiger partial charge on any atom is 0.231 e. The SMILES string of the molecule is CCCNc1nc(NC(C)C(C)CO)nc(N(C)C)n1. The van der Waals surface area contributed by atoms with E-state index in [2.05, 4.69) is 32.5 Å². The van der Waals surface area contributed by atoms with Crippen molar-refractivity contribution in [2.24, 2.45) is 5.92 Å². The summed E-state index contributed by atoms with van der Waals surface area (Å²) in [5.74, 6) is 1.82. The molecule has 3 N–H and O–H groups in total. The van der Waals surface area contributed by atoms with Gasteiger partial charge in [-0.25, -0.2) is 0 Å². The van der Waals surface area contributed by atoms with Gasteiger partial charge in [0.2, 0.25) is 17.8 Å². The molecule has 0 spiro atoms. The third-order valence-corrected chi connectivity index (χ3v) is 3.06. The third kappa shape index (κ3) is 4.80. The smallest absolute Gasteiger partial charge is 0.231 e. The molecule has 0 aliphatic carbocycles. The van der Waals surface area contributed by atoms with E-state index in [-0.39, 0.29) is 18.6 Å². The van der Waals surface area contributed by atoms with Gasteiger partial charge in [0.15, 0.2) is 0 Å². The van der Waals surface area contributed by atoms with Gasteiger partial charge in [0.25, 0.3) is 0 Å². The van der Waals surface area contributed by atoms with Crippen molar-refractivity contribution in [1.29, 1.82) is 0 Å². The zero-order valence-electron chi connectivity index (χ0n) is 13.0. The Labute approximate surface area is 120 Å². The van der Waals surface area contributed by atoms with Gasteiger partial charge in [-0.3, -0.25) is 0 Å². The molecule has 1 heterocycles. The minimum absolute atomic E-state index is 0.0800. The molecule has 1 aromatic rings. The van der Waals surface area contributed by atoms with Crippen LogP contribution in [-0.4, -0.2) is 53.3 Å². The number of nitrogens with one attached hydrogen (secondary N) is 2. The normalized spacial score (nSPS) is 13.7. The lowest BCUT2D eigenvalue weighted by molar-refractivity contribution is 0.226. The maximum absolute atomic E-state index is 9.18. The van der Waals surface area contributed by atoms with Crippen molar-refractivity contribution in [1.82, 2.24) is 15.0 Å². The molecule has 1 rings (SSSR count). The van der Waals surface area contributed by atoms with E-state index in [1.54, 1.807) is 0 Å². The van der Waals surface area contributed by atoms with Crippen LogP contribution in [0.1, 0.15) is 27.2 Å². The predicted molar refractivity (Wildman–Crippen MR) is 82.3 cm³/mol. The van der Waals surface area contributed by atoms with Crippen molar-refractivity contribution in [2.75, 3.05) is 42.8 Å². The van der Waals surface area contributed by atoms with Crippen LogP contribution in [0, 0.1) is 5.92 Å². The molecule has 0 aromatic carbocycles. The fourth-order valence-electron chi connectivity index (χ4n) is 1.45. The lowest BCUT2D eigenvalue weighted by Gasteiger charge is -2.20. The van der Waals surface area contributed by atoms with E-state index >= 15 is 0 Å². The minimum atomic E-state index is 0.0800. The molecule has 2 unspecified atom stereocenters. The molecule has 0 aliphatic rings. The second kappa shape index (κ2) is 7.84. The number of hydrogen-bond donors (Lipinski definition) is 3. The summed E-state index contributed by atoms with van der Waals surface area (Å²) in [6.45, 7) is 7.01. The average molecular weight is 282 g/mol. The monoisotopic (exact) mass is 282 g/mol. The molecule has 7 nitrogen and oxygen atoms in total. The lowest BCUT2D eigenvalue weighted by atomic mass is 10.1. The summed E-state index contributed by atoms with van der Waals surface area (Å²) >= 11 is 0. The Hall–Kier alpha value is -1.63. The molecule has 0 saturated carbocycles. The summed E-state index contributed by atoms with van der Waals surface area (Å²) < 4.78 is 0. The summed E-state index contributed by atoms with van der Waals surface area (Å²) in [5.41, 5.74) is 0. The number of aliphatic hydroxyl groups excluding tert-OH is 1. The molecule has 0 fully saturated rings. The molecule has 114 valence electrons. The summed E-state index contributed by atoms with van der Waals surface area (Å²) in [6, 6.07) is 0.0800. The van der Waals surface area contributed by atoms with Gasteiger partial charge >= 0.3 is 0 Å². The van der Waals surface area contributed by atoms with Gasteiger partial charge in [-0.1, -0.05) is 13.8 Å². The Balaban J connectivity index is 2.90. The van der Waals surface area contributed by atoms with Crippen LogP contribution >= 0.6 is 0 Å². The highest BCUT2D eigenvalue weighted by Crippen LogP contribution is 2.14. The van der Waals surface area contributed by atoms with Crippen molar-refractivity contribution >= 4 is 17.8 Å². The molecule has 0 radical (unpaired) electrons. The van der Waals surface area contributed by atoms with Crippen LogP contribution in [0.15, 0.2) is 0 Å². The zero-order valence-corrected chi connectivity index (χ0v) is 13.0. The van der Waals surface area contributed by atoms with E-state index in [1.807, 2.05) is 32.8 Å². The Bertz CT molecular complexity index is 412. The van der Waals surface area contributed by atoms with Crippen LogP contribution in [0.5, 0.6) is 0 Å². The Morgan fingerprint density at radius 2 is 1.80 bits per heavy atom. The van der Waals surface area contributed by atoms with Crippen LogP contribution in [0.25, 0.3) is 0 Å². The minimum Gasteiger partial charge on any atom is -0.396 e. The molecule has 2 atom stereocenters. The van der Waals surface area contributed by atoms with Crippen LogP contribution in [0.3, 0.4) is 0 Å². The van der Waals surface area contributed by atoms with Gasteiger partial charge in [0.05, 0.1) is 0 Å². The van der Waals surface area contributed by atoms with Crippen LogP contribution in [0.4, 0.5) is 17.8 Å². The third-order valence-electron chi connectivity index (χ3n) is 3.06. The van der Waals surface area contributed by atoms with E-state index in [0.717, 1.165) is 13.0 Å². The first kappa shape index (κ1) is 16.4. The molecule has 0 saturated heterocycles.